The predicted molar refractivity (Wildman–Crippen MR) is 108 cm³/mol. The zero-order valence-corrected chi connectivity index (χ0v) is 16.9. The molecule has 28 heavy (non-hydrogen) atoms. The van der Waals surface area contributed by atoms with Crippen LogP contribution in [0.25, 0.3) is 0 Å². The highest BCUT2D eigenvalue weighted by molar-refractivity contribution is 5.88. The van der Waals surface area contributed by atoms with Gasteiger partial charge in [-0.25, -0.2) is 0 Å². The Kier molecular flexibility index (Phi) is 6.85. The highest BCUT2D eigenvalue weighted by atomic mass is 16.2. The van der Waals surface area contributed by atoms with Gasteiger partial charge in [0.15, 0.2) is 0 Å². The van der Waals surface area contributed by atoms with E-state index in [1.807, 2.05) is 66.2 Å². The number of amides is 2. The van der Waals surface area contributed by atoms with Crippen LogP contribution in [-0.4, -0.2) is 44.0 Å². The van der Waals surface area contributed by atoms with Gasteiger partial charge in [0.05, 0.1) is 6.20 Å². The lowest BCUT2D eigenvalue weighted by Crippen LogP contribution is -2.49. The Morgan fingerprint density at radius 3 is 2.64 bits per heavy atom. The molecule has 1 fully saturated rings. The number of carbonyl (C=O) groups is 2. The second-order valence-electron chi connectivity index (χ2n) is 7.33. The number of hydrogen-bond donors (Lipinski definition) is 0. The number of benzene rings is 1. The first-order valence-corrected chi connectivity index (χ1v) is 10.3. The zero-order valence-electron chi connectivity index (χ0n) is 16.9. The highest BCUT2D eigenvalue weighted by Gasteiger charge is 2.34. The Morgan fingerprint density at radius 1 is 1.18 bits per heavy atom. The van der Waals surface area contributed by atoms with Crippen LogP contribution in [0.15, 0.2) is 42.7 Å². The molecule has 2 heterocycles. The van der Waals surface area contributed by atoms with Crippen molar-refractivity contribution >= 4 is 11.8 Å². The summed E-state index contributed by atoms with van der Waals surface area (Å²) in [6.45, 7) is 6.46. The number of likely N-dealkylation sites (N-methyl/N-ethyl adjacent to an activating group) is 1. The largest absolute Gasteiger partial charge is 0.337 e. The summed E-state index contributed by atoms with van der Waals surface area (Å²) in [6, 6.07) is 9.53. The van der Waals surface area contributed by atoms with E-state index < -0.39 is 6.04 Å². The lowest BCUT2D eigenvalue weighted by Gasteiger charge is -2.33. The molecule has 1 aliphatic rings. The van der Waals surface area contributed by atoms with Crippen molar-refractivity contribution in [2.75, 3.05) is 6.54 Å². The van der Waals surface area contributed by atoms with Crippen LogP contribution >= 0.6 is 0 Å². The number of aryl methyl sites for hydroxylation is 1. The van der Waals surface area contributed by atoms with E-state index in [0.717, 1.165) is 36.9 Å². The number of aromatic nitrogens is 2. The van der Waals surface area contributed by atoms with E-state index in [1.54, 1.807) is 4.90 Å². The van der Waals surface area contributed by atoms with E-state index in [-0.39, 0.29) is 11.8 Å². The van der Waals surface area contributed by atoms with Crippen molar-refractivity contribution in [1.29, 1.82) is 0 Å². The van der Waals surface area contributed by atoms with E-state index in [9.17, 15) is 9.59 Å². The normalized spacial score (nSPS) is 17.4. The molecule has 0 saturated carbocycles. The van der Waals surface area contributed by atoms with Gasteiger partial charge in [0.2, 0.25) is 11.8 Å². The molecular weight excluding hydrogens is 352 g/mol. The lowest BCUT2D eigenvalue weighted by molar-refractivity contribution is -0.146. The van der Waals surface area contributed by atoms with Gasteiger partial charge in [0, 0.05) is 44.4 Å². The number of likely N-dealkylation sites (tertiary alicyclic amines) is 1. The molecule has 150 valence electrons. The molecule has 2 aromatic rings. The minimum absolute atomic E-state index is 0.0397. The van der Waals surface area contributed by atoms with Gasteiger partial charge in [-0.2, -0.15) is 5.10 Å². The summed E-state index contributed by atoms with van der Waals surface area (Å²) in [5, 5.41) is 4.31. The van der Waals surface area contributed by atoms with Crippen LogP contribution in [0.5, 0.6) is 0 Å². The molecule has 0 N–H and O–H groups in total. The summed E-state index contributed by atoms with van der Waals surface area (Å²) in [5.41, 5.74) is 2.08. The molecule has 1 aromatic carbocycles. The number of carbonyl (C=O) groups excluding carboxylic acids is 2. The molecule has 3 rings (SSSR count). The molecule has 6 heteroatoms. The maximum absolute atomic E-state index is 13.4. The van der Waals surface area contributed by atoms with Crippen molar-refractivity contribution in [2.45, 2.75) is 65.2 Å². The topological polar surface area (TPSA) is 58.4 Å². The van der Waals surface area contributed by atoms with Crippen molar-refractivity contribution in [3.63, 3.8) is 0 Å². The van der Waals surface area contributed by atoms with Gasteiger partial charge in [0.25, 0.3) is 0 Å². The average molecular weight is 383 g/mol. The van der Waals surface area contributed by atoms with Crippen LogP contribution in [0.2, 0.25) is 0 Å². The Labute approximate surface area is 167 Å². The van der Waals surface area contributed by atoms with Crippen molar-refractivity contribution in [1.82, 2.24) is 19.6 Å². The van der Waals surface area contributed by atoms with Crippen LogP contribution in [0, 0.1) is 0 Å². The molecule has 1 atom stereocenters. The monoisotopic (exact) mass is 382 g/mol. The zero-order chi connectivity index (χ0) is 19.9. The van der Waals surface area contributed by atoms with Gasteiger partial charge in [-0.15, -0.1) is 0 Å². The van der Waals surface area contributed by atoms with Gasteiger partial charge < -0.3 is 9.80 Å². The number of hydrogen-bond acceptors (Lipinski definition) is 3. The van der Waals surface area contributed by atoms with Gasteiger partial charge in [-0.05, 0) is 32.3 Å². The van der Waals surface area contributed by atoms with Crippen LogP contribution in [0.3, 0.4) is 0 Å². The molecule has 1 unspecified atom stereocenters. The molecule has 6 nitrogen and oxygen atoms in total. The number of nitrogens with zero attached hydrogens (tertiary/aromatic N) is 4. The first-order valence-electron chi connectivity index (χ1n) is 10.3. The van der Waals surface area contributed by atoms with Gasteiger partial charge >= 0.3 is 0 Å². The molecule has 1 aromatic heterocycles. The summed E-state index contributed by atoms with van der Waals surface area (Å²) >= 11 is 0. The summed E-state index contributed by atoms with van der Waals surface area (Å²) in [4.78, 5) is 29.8. The third-order valence-corrected chi connectivity index (χ3v) is 5.37. The molecular formula is C22H30N4O2. The Morgan fingerprint density at radius 2 is 1.96 bits per heavy atom. The maximum Gasteiger partial charge on any atom is 0.245 e. The third-order valence-electron chi connectivity index (χ3n) is 5.37. The minimum Gasteiger partial charge on any atom is -0.337 e. The first kappa shape index (κ1) is 20.1. The predicted octanol–water partition coefficient (Wildman–Crippen LogP) is 3.22. The van der Waals surface area contributed by atoms with Crippen molar-refractivity contribution in [2.24, 2.45) is 0 Å². The van der Waals surface area contributed by atoms with Crippen LogP contribution in [0.4, 0.5) is 0 Å². The van der Waals surface area contributed by atoms with E-state index in [1.165, 1.54) is 0 Å². The maximum atomic E-state index is 13.4. The fraction of sp³-hybridized carbons (Fsp3) is 0.500. The molecule has 0 bridgehead atoms. The minimum atomic E-state index is -0.392. The quantitative estimate of drug-likeness (QED) is 0.739. The van der Waals surface area contributed by atoms with E-state index >= 15 is 0 Å². The van der Waals surface area contributed by atoms with E-state index in [0.29, 0.717) is 26.1 Å². The van der Waals surface area contributed by atoms with E-state index in [2.05, 4.69) is 5.10 Å². The molecule has 0 radical (unpaired) electrons. The van der Waals surface area contributed by atoms with Crippen molar-refractivity contribution in [3.8, 4) is 0 Å². The fourth-order valence-corrected chi connectivity index (χ4v) is 3.76. The van der Waals surface area contributed by atoms with Crippen LogP contribution in [-0.2, 0) is 29.2 Å². The molecule has 1 aliphatic heterocycles. The molecule has 0 spiro atoms. The highest BCUT2D eigenvalue weighted by Crippen LogP contribution is 2.23. The van der Waals surface area contributed by atoms with Gasteiger partial charge in [-0.1, -0.05) is 36.8 Å². The summed E-state index contributed by atoms with van der Waals surface area (Å²) in [7, 11) is 0. The Bertz CT molecular complexity index is 787. The Hall–Kier alpha value is -2.63. The second kappa shape index (κ2) is 9.53. The second-order valence-corrected chi connectivity index (χ2v) is 7.33. The fourth-order valence-electron chi connectivity index (χ4n) is 3.76. The van der Waals surface area contributed by atoms with Crippen molar-refractivity contribution in [3.05, 3.63) is 53.9 Å². The van der Waals surface area contributed by atoms with Crippen LogP contribution in [0.1, 0.15) is 50.7 Å². The standard InChI is InChI=1S/C22H30N4O2/c1-3-24(15-19-14-23-25(4-2)16-19)22(28)20-12-8-9-13-21(27)26(20)17-18-10-6-5-7-11-18/h5-7,10-11,14,16,20H,3-4,8-9,12-13,15,17H2,1-2H3. The van der Waals surface area contributed by atoms with Crippen molar-refractivity contribution < 1.29 is 9.59 Å². The number of rotatable bonds is 7. The summed E-state index contributed by atoms with van der Waals surface area (Å²) in [6.07, 6.45) is 6.80. The summed E-state index contributed by atoms with van der Waals surface area (Å²) < 4.78 is 1.87. The third kappa shape index (κ3) is 4.80. The molecule has 2 amide bonds. The van der Waals surface area contributed by atoms with Gasteiger partial charge in [0.1, 0.15) is 6.04 Å². The van der Waals surface area contributed by atoms with Crippen LogP contribution < -0.4 is 0 Å². The lowest BCUT2D eigenvalue weighted by atomic mass is 10.1. The Balaban J connectivity index is 1.78. The average Bonchev–Trinajstić information content (AvgIpc) is 3.11. The molecule has 0 aliphatic carbocycles. The smallest absolute Gasteiger partial charge is 0.245 e. The van der Waals surface area contributed by atoms with Gasteiger partial charge in [-0.3, -0.25) is 14.3 Å². The summed E-state index contributed by atoms with van der Waals surface area (Å²) in [5.74, 6) is 0.118. The van der Waals surface area contributed by atoms with E-state index in [4.69, 9.17) is 0 Å². The SMILES string of the molecule is CCN(Cc1cnn(CC)c1)C(=O)C1CCCCC(=O)N1Cc1ccccc1. The first-order chi connectivity index (χ1) is 13.6. The molecule has 1 saturated heterocycles.